The molecule has 0 aliphatic rings. The molecule has 0 aliphatic heterocycles. The van der Waals surface area contributed by atoms with Gasteiger partial charge in [0.15, 0.2) is 6.61 Å². The first kappa shape index (κ1) is 53.5. The van der Waals surface area contributed by atoms with E-state index in [2.05, 4.69) is 13.2 Å². The van der Waals surface area contributed by atoms with Gasteiger partial charge in [-0.3, -0.25) is 0 Å². The quantitative estimate of drug-likeness (QED) is 0.0175. The fraction of sp³-hybridized carbons (Fsp3) is 0.224. The number of hydrogen-bond donors (Lipinski definition) is 1. The van der Waals surface area contributed by atoms with Crippen molar-refractivity contribution in [2.45, 2.75) is 50.2 Å². The van der Waals surface area contributed by atoms with Crippen molar-refractivity contribution in [3.05, 3.63) is 156 Å². The summed E-state index contributed by atoms with van der Waals surface area (Å²) in [5, 5.41) is 10.2. The Morgan fingerprint density at radius 2 is 0.957 bits per heavy atom. The zero-order valence-electron chi connectivity index (χ0n) is 36.2. The van der Waals surface area contributed by atoms with E-state index in [1.54, 1.807) is 0 Å². The summed E-state index contributed by atoms with van der Waals surface area (Å²) in [6.45, 7) is 5.21. The number of rotatable bonds is 24. The van der Waals surface area contributed by atoms with Crippen molar-refractivity contribution in [1.82, 2.24) is 0 Å². The summed E-state index contributed by atoms with van der Waals surface area (Å²) >= 11 is 0. The molecule has 0 atom stereocenters. The van der Waals surface area contributed by atoms with Crippen LogP contribution in [0.1, 0.15) is 63.9 Å². The minimum atomic E-state index is -4.31. The van der Waals surface area contributed by atoms with Crippen LogP contribution in [0.15, 0.2) is 134 Å². The number of benzene rings is 4. The minimum Gasteiger partial charge on any atom is -0.494 e. The Morgan fingerprint density at radius 3 is 1.35 bits per heavy atom. The van der Waals surface area contributed by atoms with Crippen LogP contribution in [0.4, 0.5) is 26.3 Å². The third-order valence-electron chi connectivity index (χ3n) is 8.94. The van der Waals surface area contributed by atoms with Gasteiger partial charge in [0.05, 0.1) is 30.8 Å². The van der Waals surface area contributed by atoms with E-state index < -0.39 is 85.4 Å². The van der Waals surface area contributed by atoms with Gasteiger partial charge in [-0.2, -0.15) is 26.3 Å². The number of alkyl halides is 6. The topological polar surface area (TPSA) is 187 Å². The lowest BCUT2D eigenvalue weighted by atomic mass is 10.0. The van der Waals surface area contributed by atoms with Gasteiger partial charge < -0.3 is 38.3 Å². The average Bonchev–Trinajstić information content (AvgIpc) is 3.30. The molecule has 0 unspecified atom stereocenters. The van der Waals surface area contributed by atoms with E-state index >= 15 is 0 Å². The third-order valence-corrected chi connectivity index (χ3v) is 8.94. The van der Waals surface area contributed by atoms with Gasteiger partial charge in [0.25, 0.3) is 5.79 Å². The lowest BCUT2D eigenvalue weighted by Crippen LogP contribution is -2.45. The monoisotopic (exact) mass is 968 g/mol. The molecule has 0 saturated heterocycles. The van der Waals surface area contributed by atoms with Crippen LogP contribution in [0.3, 0.4) is 0 Å². The van der Waals surface area contributed by atoms with Gasteiger partial charge in [-0.25, -0.2) is 28.8 Å². The van der Waals surface area contributed by atoms with E-state index in [1.165, 1.54) is 103 Å². The number of carbonyl (C=O) groups is 6. The number of carboxylic acid groups (broad SMARTS) is 1. The molecule has 0 spiro atoms. The third kappa shape index (κ3) is 19.3. The molecular weight excluding hydrogens is 927 g/mol. The Balaban J connectivity index is 1.39. The highest BCUT2D eigenvalue weighted by Gasteiger charge is 2.42. The number of hydrogen-bond acceptors (Lipinski definition) is 13. The number of carboxylic acids is 1. The van der Waals surface area contributed by atoms with Crippen molar-refractivity contribution in [1.29, 1.82) is 0 Å². The molecule has 0 bridgehead atoms. The van der Waals surface area contributed by atoms with E-state index in [0.29, 0.717) is 17.7 Å². The Labute approximate surface area is 390 Å². The second-order valence-electron chi connectivity index (χ2n) is 14.4. The van der Waals surface area contributed by atoms with E-state index in [9.17, 15) is 60.2 Å². The van der Waals surface area contributed by atoms with Crippen molar-refractivity contribution in [3.8, 4) is 23.0 Å². The summed E-state index contributed by atoms with van der Waals surface area (Å²) < 4.78 is 111. The van der Waals surface area contributed by atoms with Gasteiger partial charge in [0.2, 0.25) is 0 Å². The summed E-state index contributed by atoms with van der Waals surface area (Å²) in [5.41, 5.74) is 0.302. The van der Waals surface area contributed by atoms with Gasteiger partial charge in [-0.1, -0.05) is 37.4 Å². The second-order valence-corrected chi connectivity index (χ2v) is 14.4. The molecule has 20 heteroatoms. The van der Waals surface area contributed by atoms with Gasteiger partial charge in [-0.05, 0) is 109 Å². The molecule has 0 amide bonds. The first-order chi connectivity index (χ1) is 32.6. The van der Waals surface area contributed by atoms with Crippen molar-refractivity contribution < 1.29 is 93.4 Å². The largest absolute Gasteiger partial charge is 0.494 e. The van der Waals surface area contributed by atoms with Gasteiger partial charge in [-0.15, -0.1) is 0 Å². The molecule has 14 nitrogen and oxygen atoms in total. The highest BCUT2D eigenvalue weighted by Crippen LogP contribution is 2.29. The predicted molar refractivity (Wildman–Crippen MR) is 233 cm³/mol. The first-order valence-electron chi connectivity index (χ1n) is 20.4. The van der Waals surface area contributed by atoms with Gasteiger partial charge in [0, 0.05) is 36.6 Å². The maximum Gasteiger partial charge on any atom is 0.389 e. The normalized spacial score (nSPS) is 11.8. The maximum absolute atomic E-state index is 12.9. The molecule has 0 radical (unpaired) electrons. The smallest absolute Gasteiger partial charge is 0.389 e. The number of halogens is 6. The van der Waals surface area contributed by atoms with Crippen LogP contribution in [0.5, 0.6) is 23.0 Å². The molecule has 0 aliphatic carbocycles. The summed E-state index contributed by atoms with van der Waals surface area (Å²) in [5.74, 6) is -8.51. The molecule has 4 aromatic rings. The predicted octanol–water partition coefficient (Wildman–Crippen LogP) is 9.84. The Kier molecular flexibility index (Phi) is 19.5. The molecule has 0 saturated carbocycles. The number of esters is 5. The Bertz CT molecular complexity index is 2470. The fourth-order valence-corrected chi connectivity index (χ4v) is 5.64. The van der Waals surface area contributed by atoms with E-state index in [-0.39, 0.29) is 65.7 Å². The highest BCUT2D eigenvalue weighted by atomic mass is 19.4. The maximum atomic E-state index is 12.9. The highest BCUT2D eigenvalue weighted by molar-refractivity contribution is 5.94. The van der Waals surface area contributed by atoms with Gasteiger partial charge in [0.1, 0.15) is 23.0 Å². The zero-order chi connectivity index (χ0) is 50.6. The molecule has 0 heterocycles. The fourth-order valence-electron chi connectivity index (χ4n) is 5.64. The van der Waals surface area contributed by atoms with Crippen LogP contribution in [0, 0.1) is 0 Å². The van der Waals surface area contributed by atoms with Crippen molar-refractivity contribution in [3.63, 3.8) is 0 Å². The molecule has 69 heavy (non-hydrogen) atoms. The summed E-state index contributed by atoms with van der Waals surface area (Å²) in [7, 11) is 0. The molecule has 364 valence electrons. The summed E-state index contributed by atoms with van der Waals surface area (Å²) in [6, 6.07) is 22.2. The summed E-state index contributed by atoms with van der Waals surface area (Å²) in [6.07, 6.45) is -7.23. The Morgan fingerprint density at radius 1 is 0.551 bits per heavy atom. The lowest BCUT2D eigenvalue weighted by Gasteiger charge is -2.31. The van der Waals surface area contributed by atoms with E-state index in [0.717, 1.165) is 12.2 Å². The van der Waals surface area contributed by atoms with Crippen LogP contribution in [0.25, 0.3) is 12.2 Å². The second kappa shape index (κ2) is 25.1. The first-order valence-corrected chi connectivity index (χ1v) is 20.4. The number of ether oxygens (including phenoxy) is 7. The van der Waals surface area contributed by atoms with Crippen molar-refractivity contribution in [2.24, 2.45) is 0 Å². The minimum absolute atomic E-state index is 0.0345. The number of carbonyl (C=O) groups excluding carboxylic acids is 5. The molecular formula is C49H42F6O14. The van der Waals surface area contributed by atoms with Gasteiger partial charge >= 0.3 is 48.2 Å². The van der Waals surface area contributed by atoms with Crippen LogP contribution in [0.2, 0.25) is 0 Å². The summed E-state index contributed by atoms with van der Waals surface area (Å²) in [4.78, 5) is 75.9. The van der Waals surface area contributed by atoms with E-state index in [4.69, 9.17) is 33.2 Å². The number of aliphatic carboxylic acids is 1. The Hall–Kier alpha value is -8.16. The van der Waals surface area contributed by atoms with Crippen LogP contribution < -0.4 is 18.9 Å². The molecule has 1 N–H and O–H groups in total. The lowest BCUT2D eigenvalue weighted by molar-refractivity contribution is -0.237. The molecule has 4 rings (SSSR count). The van der Waals surface area contributed by atoms with Crippen LogP contribution in [-0.4, -0.2) is 78.9 Å². The van der Waals surface area contributed by atoms with E-state index in [1.807, 2.05) is 0 Å². The van der Waals surface area contributed by atoms with Crippen molar-refractivity contribution >= 4 is 48.0 Å². The molecule has 4 aromatic carbocycles. The standard InChI is InChI=1S/C49H42F6O14/c1-3-41(56)68-47(69-42(57)4-2,30-36(44(59)60)29-33-9-18-40(19-10-33)67-46(62)35-14-22-38(23-15-35)64-28-6-26-49(53,54)55)31-65-43(58)24-11-32-7-16-39(17-8-32)66-45(61)34-12-20-37(21-13-34)63-27-5-25-48(50,51)52/h3-4,7-24,29H,1-2,5-6,25-28,30-31H2,(H,59,60)/b24-11+,36-29+. The van der Waals surface area contributed by atoms with Crippen LogP contribution >= 0.6 is 0 Å². The average molecular weight is 969 g/mol. The van der Waals surface area contributed by atoms with Crippen molar-refractivity contribution in [2.75, 3.05) is 19.8 Å². The SMILES string of the molecule is C=CC(=O)OC(COC(=O)/C=C/c1ccc(OC(=O)c2ccc(OCCCC(F)(F)F)cc2)cc1)(C/C(=C\c1ccc(OC(=O)c2ccc(OCCCC(F)(F)F)cc2)cc1)C(=O)O)OC(=O)C=C. The zero-order valence-corrected chi connectivity index (χ0v) is 36.2. The molecule has 0 fully saturated rings. The molecule has 0 aromatic heterocycles. The van der Waals surface area contributed by atoms with Crippen LogP contribution in [-0.2, 0) is 33.4 Å².